The van der Waals surface area contributed by atoms with Gasteiger partial charge in [-0.1, -0.05) is 13.0 Å². The van der Waals surface area contributed by atoms with Crippen molar-refractivity contribution in [3.05, 3.63) is 33.9 Å². The molecule has 0 spiro atoms. The van der Waals surface area contributed by atoms with Gasteiger partial charge in [-0.05, 0) is 51.3 Å². The molecule has 1 saturated heterocycles. The minimum Gasteiger partial charge on any atom is -0.371 e. The second-order valence-electron chi connectivity index (χ2n) is 5.89. The van der Waals surface area contributed by atoms with E-state index in [1.165, 1.54) is 12.8 Å². The number of nitrogens with zero attached hydrogens (tertiary/aromatic N) is 2. The summed E-state index contributed by atoms with van der Waals surface area (Å²) >= 11 is 0. The molecule has 2 rings (SSSR count). The largest absolute Gasteiger partial charge is 0.371 e. The van der Waals surface area contributed by atoms with Gasteiger partial charge < -0.3 is 10.2 Å². The highest BCUT2D eigenvalue weighted by atomic mass is 16.6. The van der Waals surface area contributed by atoms with Gasteiger partial charge in [0, 0.05) is 30.4 Å². The Bertz CT molecular complexity index is 484. The Morgan fingerprint density at radius 3 is 2.90 bits per heavy atom. The van der Waals surface area contributed by atoms with E-state index in [1.54, 1.807) is 13.0 Å². The van der Waals surface area contributed by atoms with Crippen LogP contribution in [-0.4, -0.2) is 31.1 Å². The van der Waals surface area contributed by atoms with Crippen LogP contribution in [0.5, 0.6) is 0 Å². The molecule has 1 unspecified atom stereocenters. The fourth-order valence-corrected chi connectivity index (χ4v) is 2.98. The average molecular weight is 291 g/mol. The maximum atomic E-state index is 11.1. The summed E-state index contributed by atoms with van der Waals surface area (Å²) in [5.41, 5.74) is 1.91. The van der Waals surface area contributed by atoms with Crippen LogP contribution in [0.15, 0.2) is 18.2 Å². The van der Waals surface area contributed by atoms with Crippen LogP contribution in [0.25, 0.3) is 0 Å². The zero-order chi connectivity index (χ0) is 15.2. The number of benzene rings is 1. The van der Waals surface area contributed by atoms with Gasteiger partial charge in [0.05, 0.1) is 4.92 Å². The van der Waals surface area contributed by atoms with Crippen molar-refractivity contribution in [2.45, 2.75) is 33.1 Å². The predicted octanol–water partition coefficient (Wildman–Crippen LogP) is 3.12. The molecule has 0 radical (unpaired) electrons. The van der Waals surface area contributed by atoms with Crippen LogP contribution in [-0.2, 0) is 0 Å². The highest BCUT2D eigenvalue weighted by molar-refractivity contribution is 5.56. The number of nitro groups is 1. The predicted molar refractivity (Wildman–Crippen MR) is 85.9 cm³/mol. The fraction of sp³-hybridized carbons (Fsp3) is 0.625. The van der Waals surface area contributed by atoms with E-state index >= 15 is 0 Å². The van der Waals surface area contributed by atoms with Crippen LogP contribution in [0, 0.1) is 23.0 Å². The lowest BCUT2D eigenvalue weighted by Crippen LogP contribution is -2.38. The smallest absolute Gasteiger partial charge is 0.274 e. The number of nitro benzene ring substituents is 1. The summed E-state index contributed by atoms with van der Waals surface area (Å²) in [4.78, 5) is 13.1. The molecule has 0 amide bonds. The van der Waals surface area contributed by atoms with Gasteiger partial charge in [0.2, 0.25) is 0 Å². The van der Waals surface area contributed by atoms with Crippen molar-refractivity contribution in [3.8, 4) is 0 Å². The van der Waals surface area contributed by atoms with Crippen LogP contribution >= 0.6 is 0 Å². The van der Waals surface area contributed by atoms with Gasteiger partial charge in [-0.3, -0.25) is 10.1 Å². The maximum Gasteiger partial charge on any atom is 0.274 e. The normalized spacial score (nSPS) is 18.5. The SMILES string of the molecule is CCCN(CC1CCCNC1)c1ccc(C)c([N+](=O)[O-])c1. The Labute approximate surface area is 126 Å². The van der Waals surface area contributed by atoms with Crippen molar-refractivity contribution in [2.75, 3.05) is 31.1 Å². The minimum absolute atomic E-state index is 0.218. The van der Waals surface area contributed by atoms with Crippen molar-refractivity contribution in [2.24, 2.45) is 5.92 Å². The Kier molecular flexibility index (Phi) is 5.56. The van der Waals surface area contributed by atoms with E-state index in [1.807, 2.05) is 12.1 Å². The van der Waals surface area contributed by atoms with Crippen molar-refractivity contribution >= 4 is 11.4 Å². The van der Waals surface area contributed by atoms with Gasteiger partial charge in [-0.2, -0.15) is 0 Å². The number of nitrogens with one attached hydrogen (secondary N) is 1. The Morgan fingerprint density at radius 1 is 1.48 bits per heavy atom. The van der Waals surface area contributed by atoms with Crippen LogP contribution in [0.1, 0.15) is 31.7 Å². The van der Waals surface area contributed by atoms with Crippen LogP contribution in [0.2, 0.25) is 0 Å². The first kappa shape index (κ1) is 15.8. The van der Waals surface area contributed by atoms with Crippen LogP contribution in [0.4, 0.5) is 11.4 Å². The Balaban J connectivity index is 2.16. The van der Waals surface area contributed by atoms with E-state index in [4.69, 9.17) is 0 Å². The second-order valence-corrected chi connectivity index (χ2v) is 5.89. The summed E-state index contributed by atoms with van der Waals surface area (Å²) in [5.74, 6) is 0.630. The maximum absolute atomic E-state index is 11.1. The van der Waals surface area contributed by atoms with Gasteiger partial charge in [0.15, 0.2) is 0 Å². The number of rotatable bonds is 6. The molecule has 1 aliphatic rings. The highest BCUT2D eigenvalue weighted by Crippen LogP contribution is 2.26. The molecule has 0 bridgehead atoms. The van der Waals surface area contributed by atoms with Crippen molar-refractivity contribution in [1.29, 1.82) is 0 Å². The topological polar surface area (TPSA) is 58.4 Å². The Hall–Kier alpha value is -1.62. The van der Waals surface area contributed by atoms with Crippen LogP contribution in [0.3, 0.4) is 0 Å². The zero-order valence-electron chi connectivity index (χ0n) is 13.0. The molecule has 1 N–H and O–H groups in total. The molecular weight excluding hydrogens is 266 g/mol. The van der Waals surface area contributed by atoms with Crippen molar-refractivity contribution in [1.82, 2.24) is 5.32 Å². The van der Waals surface area contributed by atoms with Gasteiger partial charge in [0.25, 0.3) is 5.69 Å². The third kappa shape index (κ3) is 4.17. The second kappa shape index (κ2) is 7.41. The summed E-state index contributed by atoms with van der Waals surface area (Å²) in [6.07, 6.45) is 3.50. The quantitative estimate of drug-likeness (QED) is 0.646. The van der Waals surface area contributed by atoms with E-state index in [-0.39, 0.29) is 10.6 Å². The molecule has 0 aliphatic carbocycles. The summed E-state index contributed by atoms with van der Waals surface area (Å²) in [6.45, 7) is 8.01. The number of piperidine rings is 1. The lowest BCUT2D eigenvalue weighted by molar-refractivity contribution is -0.385. The highest BCUT2D eigenvalue weighted by Gasteiger charge is 2.19. The van der Waals surface area contributed by atoms with E-state index in [9.17, 15) is 10.1 Å². The van der Waals surface area contributed by atoms with Crippen molar-refractivity contribution < 1.29 is 4.92 Å². The lowest BCUT2D eigenvalue weighted by atomic mass is 9.98. The summed E-state index contributed by atoms with van der Waals surface area (Å²) in [5, 5.41) is 14.6. The first-order chi connectivity index (χ1) is 10.1. The van der Waals surface area contributed by atoms with Crippen LogP contribution < -0.4 is 10.2 Å². The van der Waals surface area contributed by atoms with E-state index in [0.717, 1.165) is 43.9 Å². The summed E-state index contributed by atoms with van der Waals surface area (Å²) in [7, 11) is 0. The molecule has 116 valence electrons. The molecule has 0 saturated carbocycles. The molecule has 1 atom stereocenters. The molecule has 21 heavy (non-hydrogen) atoms. The molecule has 1 aromatic carbocycles. The monoisotopic (exact) mass is 291 g/mol. The molecule has 1 heterocycles. The number of aryl methyl sites for hydroxylation is 1. The fourth-order valence-electron chi connectivity index (χ4n) is 2.98. The first-order valence-corrected chi connectivity index (χ1v) is 7.82. The van der Waals surface area contributed by atoms with Gasteiger partial charge in [0.1, 0.15) is 0 Å². The van der Waals surface area contributed by atoms with E-state index in [2.05, 4.69) is 17.1 Å². The zero-order valence-corrected chi connectivity index (χ0v) is 13.0. The lowest BCUT2D eigenvalue weighted by Gasteiger charge is -2.31. The Morgan fingerprint density at radius 2 is 2.29 bits per heavy atom. The minimum atomic E-state index is -0.287. The molecule has 1 fully saturated rings. The number of anilines is 1. The first-order valence-electron chi connectivity index (χ1n) is 7.82. The van der Waals surface area contributed by atoms with Crippen molar-refractivity contribution in [3.63, 3.8) is 0 Å². The summed E-state index contributed by atoms with van der Waals surface area (Å²) < 4.78 is 0. The number of hydrogen-bond acceptors (Lipinski definition) is 4. The standard InChI is InChI=1S/C16H25N3O2/c1-3-9-18(12-14-5-4-8-17-11-14)15-7-6-13(2)16(10-15)19(20)21/h6-7,10,14,17H,3-5,8-9,11-12H2,1-2H3. The third-order valence-electron chi connectivity index (χ3n) is 4.13. The van der Waals surface area contributed by atoms with Gasteiger partial charge in [-0.25, -0.2) is 0 Å². The van der Waals surface area contributed by atoms with Gasteiger partial charge >= 0.3 is 0 Å². The molecular formula is C16H25N3O2. The third-order valence-corrected chi connectivity index (χ3v) is 4.13. The van der Waals surface area contributed by atoms with Gasteiger partial charge in [-0.15, -0.1) is 0 Å². The number of hydrogen-bond donors (Lipinski definition) is 1. The molecule has 5 nitrogen and oxygen atoms in total. The molecule has 1 aromatic rings. The molecule has 0 aromatic heterocycles. The molecule has 5 heteroatoms. The van der Waals surface area contributed by atoms with E-state index in [0.29, 0.717) is 5.92 Å². The molecule has 1 aliphatic heterocycles. The average Bonchev–Trinajstić information content (AvgIpc) is 2.48. The summed E-state index contributed by atoms with van der Waals surface area (Å²) in [6, 6.07) is 5.59. The van der Waals surface area contributed by atoms with E-state index < -0.39 is 0 Å².